The summed E-state index contributed by atoms with van der Waals surface area (Å²) in [5.41, 5.74) is 3.34. The van der Waals surface area contributed by atoms with Crippen LogP contribution in [0.5, 0.6) is 0 Å². The van der Waals surface area contributed by atoms with E-state index >= 15 is 0 Å². The number of rotatable bonds is 5. The second-order valence-electron chi connectivity index (χ2n) is 7.80. The lowest BCUT2D eigenvalue weighted by molar-refractivity contribution is 0.100. The van der Waals surface area contributed by atoms with Gasteiger partial charge in [-0.05, 0) is 36.1 Å². The van der Waals surface area contributed by atoms with Crippen molar-refractivity contribution in [3.63, 3.8) is 0 Å². The Bertz CT molecular complexity index is 1040. The van der Waals surface area contributed by atoms with Crippen LogP contribution in [0.3, 0.4) is 0 Å². The highest BCUT2D eigenvalue weighted by Gasteiger charge is 2.18. The molecule has 0 atom stereocenters. The van der Waals surface area contributed by atoms with Gasteiger partial charge in [0.05, 0.1) is 12.4 Å². The van der Waals surface area contributed by atoms with E-state index in [4.69, 9.17) is 0 Å². The molecule has 3 aromatic rings. The molecule has 148 valence electrons. The van der Waals surface area contributed by atoms with E-state index in [2.05, 4.69) is 47.4 Å². The SMILES string of the molecule is CC(=O)c1cccc(NC(=O)c2cnc(Nc3ccccc3C(C)(C)C)cn2)c1. The summed E-state index contributed by atoms with van der Waals surface area (Å²) >= 11 is 0. The van der Waals surface area contributed by atoms with Crippen molar-refractivity contribution in [1.29, 1.82) is 0 Å². The molecule has 0 radical (unpaired) electrons. The third-order valence-electron chi connectivity index (χ3n) is 4.41. The van der Waals surface area contributed by atoms with E-state index < -0.39 is 0 Å². The topological polar surface area (TPSA) is 84.0 Å². The van der Waals surface area contributed by atoms with E-state index in [0.717, 1.165) is 11.3 Å². The fraction of sp³-hybridized carbons (Fsp3) is 0.217. The minimum absolute atomic E-state index is 0.0226. The largest absolute Gasteiger partial charge is 0.339 e. The molecule has 0 aliphatic rings. The minimum atomic E-state index is -0.389. The first-order valence-corrected chi connectivity index (χ1v) is 9.35. The van der Waals surface area contributed by atoms with Crippen molar-refractivity contribution in [2.45, 2.75) is 33.1 Å². The number of hydrogen-bond donors (Lipinski definition) is 2. The first kappa shape index (κ1) is 20.2. The number of nitrogens with one attached hydrogen (secondary N) is 2. The van der Waals surface area contributed by atoms with Crippen LogP contribution in [0.4, 0.5) is 17.2 Å². The number of carbonyl (C=O) groups is 2. The van der Waals surface area contributed by atoms with Crippen LogP contribution >= 0.6 is 0 Å². The molecule has 3 rings (SSSR count). The molecule has 1 heterocycles. The van der Waals surface area contributed by atoms with Crippen molar-refractivity contribution < 1.29 is 9.59 Å². The number of nitrogens with zero attached hydrogens (tertiary/aromatic N) is 2. The van der Waals surface area contributed by atoms with Gasteiger partial charge in [0.1, 0.15) is 11.5 Å². The van der Waals surface area contributed by atoms with E-state index in [-0.39, 0.29) is 22.8 Å². The molecule has 0 spiro atoms. The van der Waals surface area contributed by atoms with Gasteiger partial charge in [0.25, 0.3) is 5.91 Å². The maximum Gasteiger partial charge on any atom is 0.275 e. The molecule has 6 heteroatoms. The number of aromatic nitrogens is 2. The zero-order valence-corrected chi connectivity index (χ0v) is 17.0. The number of carbonyl (C=O) groups excluding carboxylic acids is 2. The van der Waals surface area contributed by atoms with Crippen LogP contribution in [0.1, 0.15) is 54.1 Å². The van der Waals surface area contributed by atoms with Crippen LogP contribution in [-0.2, 0) is 5.41 Å². The highest BCUT2D eigenvalue weighted by molar-refractivity contribution is 6.03. The number of anilines is 3. The van der Waals surface area contributed by atoms with Crippen LogP contribution in [0.2, 0.25) is 0 Å². The predicted molar refractivity (Wildman–Crippen MR) is 115 cm³/mol. The Kier molecular flexibility index (Phi) is 5.73. The average Bonchev–Trinajstić information content (AvgIpc) is 2.68. The summed E-state index contributed by atoms with van der Waals surface area (Å²) in [4.78, 5) is 32.4. The van der Waals surface area contributed by atoms with Crippen LogP contribution in [-0.4, -0.2) is 21.7 Å². The molecule has 0 bridgehead atoms. The molecule has 29 heavy (non-hydrogen) atoms. The van der Waals surface area contributed by atoms with E-state index in [1.807, 2.05) is 18.2 Å². The van der Waals surface area contributed by atoms with Gasteiger partial charge in [0, 0.05) is 16.9 Å². The maximum absolute atomic E-state index is 12.4. The smallest absolute Gasteiger partial charge is 0.275 e. The van der Waals surface area contributed by atoms with Crippen molar-refractivity contribution in [3.05, 3.63) is 77.7 Å². The van der Waals surface area contributed by atoms with Gasteiger partial charge in [-0.25, -0.2) is 9.97 Å². The molecule has 0 aliphatic carbocycles. The molecular formula is C23H24N4O2. The van der Waals surface area contributed by atoms with E-state index in [1.54, 1.807) is 24.3 Å². The van der Waals surface area contributed by atoms with Gasteiger partial charge < -0.3 is 10.6 Å². The summed E-state index contributed by atoms with van der Waals surface area (Å²) in [5, 5.41) is 6.01. The van der Waals surface area contributed by atoms with Crippen molar-refractivity contribution in [2.24, 2.45) is 0 Å². The summed E-state index contributed by atoms with van der Waals surface area (Å²) in [7, 11) is 0. The van der Waals surface area contributed by atoms with Crippen LogP contribution in [0.25, 0.3) is 0 Å². The van der Waals surface area contributed by atoms with Gasteiger partial charge in [0.15, 0.2) is 5.78 Å². The number of hydrogen-bond acceptors (Lipinski definition) is 5. The lowest BCUT2D eigenvalue weighted by Gasteiger charge is -2.23. The summed E-state index contributed by atoms with van der Waals surface area (Å²) in [6.07, 6.45) is 2.95. The van der Waals surface area contributed by atoms with Gasteiger partial charge in [-0.15, -0.1) is 0 Å². The second kappa shape index (κ2) is 8.22. The van der Waals surface area contributed by atoms with Crippen LogP contribution < -0.4 is 10.6 Å². The fourth-order valence-corrected chi connectivity index (χ4v) is 2.91. The molecule has 2 N–H and O–H groups in total. The Morgan fingerprint density at radius 1 is 0.931 bits per heavy atom. The Balaban J connectivity index is 1.73. The Morgan fingerprint density at radius 3 is 2.34 bits per heavy atom. The predicted octanol–water partition coefficient (Wildman–Crippen LogP) is 4.97. The van der Waals surface area contributed by atoms with Crippen LogP contribution in [0, 0.1) is 0 Å². The fourth-order valence-electron chi connectivity index (χ4n) is 2.91. The molecule has 0 saturated carbocycles. The number of amides is 1. The quantitative estimate of drug-likeness (QED) is 0.603. The van der Waals surface area contributed by atoms with Gasteiger partial charge in [-0.3, -0.25) is 9.59 Å². The minimum Gasteiger partial charge on any atom is -0.339 e. The lowest BCUT2D eigenvalue weighted by atomic mass is 9.86. The third-order valence-corrected chi connectivity index (χ3v) is 4.41. The lowest BCUT2D eigenvalue weighted by Crippen LogP contribution is -2.15. The normalized spacial score (nSPS) is 11.0. The molecule has 0 saturated heterocycles. The monoisotopic (exact) mass is 388 g/mol. The first-order valence-electron chi connectivity index (χ1n) is 9.35. The van der Waals surface area contributed by atoms with E-state index in [1.165, 1.54) is 19.3 Å². The van der Waals surface area contributed by atoms with E-state index in [9.17, 15) is 9.59 Å². The van der Waals surface area contributed by atoms with Crippen molar-refractivity contribution in [3.8, 4) is 0 Å². The van der Waals surface area contributed by atoms with Gasteiger partial charge in [-0.1, -0.05) is 51.1 Å². The summed E-state index contributed by atoms with van der Waals surface area (Å²) < 4.78 is 0. The van der Waals surface area contributed by atoms with Gasteiger partial charge in [-0.2, -0.15) is 0 Å². The Labute approximate surface area is 170 Å². The van der Waals surface area contributed by atoms with Gasteiger partial charge in [0.2, 0.25) is 0 Å². The zero-order valence-electron chi connectivity index (χ0n) is 17.0. The van der Waals surface area contributed by atoms with Gasteiger partial charge >= 0.3 is 0 Å². The summed E-state index contributed by atoms with van der Waals surface area (Å²) in [6, 6.07) is 14.8. The standard InChI is InChI=1S/C23H24N4O2/c1-15(28)16-8-7-9-17(12-16)26-22(29)20-13-25-21(14-24-20)27-19-11-6-5-10-18(19)23(2,3)4/h5-14H,1-4H3,(H,25,27)(H,26,29). The molecule has 2 aromatic carbocycles. The molecule has 6 nitrogen and oxygen atoms in total. The number of ketones is 1. The Hall–Kier alpha value is -3.54. The highest BCUT2D eigenvalue weighted by atomic mass is 16.2. The van der Waals surface area contributed by atoms with Crippen LogP contribution in [0.15, 0.2) is 60.9 Å². The van der Waals surface area contributed by atoms with Crippen molar-refractivity contribution >= 4 is 28.9 Å². The number of para-hydroxylation sites is 1. The van der Waals surface area contributed by atoms with Crippen molar-refractivity contribution in [2.75, 3.05) is 10.6 Å². The average molecular weight is 388 g/mol. The molecular weight excluding hydrogens is 364 g/mol. The third kappa shape index (κ3) is 5.04. The summed E-state index contributed by atoms with van der Waals surface area (Å²) in [6.45, 7) is 7.92. The number of Topliss-reactive ketones (excluding diaryl/α,β-unsaturated/α-hetero) is 1. The Morgan fingerprint density at radius 2 is 1.69 bits per heavy atom. The summed E-state index contributed by atoms with van der Waals surface area (Å²) in [5.74, 6) is 0.100. The molecule has 1 amide bonds. The second-order valence-corrected chi connectivity index (χ2v) is 7.80. The first-order chi connectivity index (χ1) is 13.7. The van der Waals surface area contributed by atoms with Crippen molar-refractivity contribution in [1.82, 2.24) is 9.97 Å². The molecule has 0 fully saturated rings. The molecule has 0 unspecified atom stereocenters. The van der Waals surface area contributed by atoms with E-state index in [0.29, 0.717) is 17.1 Å². The highest BCUT2D eigenvalue weighted by Crippen LogP contribution is 2.30. The zero-order chi connectivity index (χ0) is 21.0. The molecule has 0 aliphatic heterocycles. The maximum atomic E-state index is 12.4. The number of benzene rings is 2. The molecule has 1 aromatic heterocycles.